The first-order valence-electron chi connectivity index (χ1n) is 6.03. The van der Waals surface area contributed by atoms with Crippen LogP contribution in [0.4, 0.5) is 13.2 Å². The van der Waals surface area contributed by atoms with E-state index in [4.69, 9.17) is 4.74 Å². The number of aromatic nitrogens is 1. The summed E-state index contributed by atoms with van der Waals surface area (Å²) in [5.41, 5.74) is 0.315. The van der Waals surface area contributed by atoms with Gasteiger partial charge >= 0.3 is 12.1 Å². The maximum Gasteiger partial charge on any atom is 0.417 e. The Bertz CT molecular complexity index is 444. The summed E-state index contributed by atoms with van der Waals surface area (Å²) in [5.74, 6) is -0.299. The molecule has 1 aromatic rings. The Labute approximate surface area is 109 Å². The minimum absolute atomic E-state index is 0.246. The van der Waals surface area contributed by atoms with Crippen molar-refractivity contribution in [3.05, 3.63) is 29.1 Å². The van der Waals surface area contributed by atoms with E-state index in [2.05, 4.69) is 4.98 Å². The van der Waals surface area contributed by atoms with E-state index in [1.54, 1.807) is 13.8 Å². The Kier molecular flexibility index (Phi) is 5.32. The molecular formula is C13H16F3NO2. The molecule has 0 atom stereocenters. The van der Waals surface area contributed by atoms with Crippen LogP contribution in [0.3, 0.4) is 0 Å². The summed E-state index contributed by atoms with van der Waals surface area (Å²) in [6, 6.07) is 1.08. The molecule has 0 fully saturated rings. The molecule has 3 nitrogen and oxygen atoms in total. The van der Waals surface area contributed by atoms with Gasteiger partial charge < -0.3 is 4.74 Å². The van der Waals surface area contributed by atoms with Crippen LogP contribution in [-0.2, 0) is 22.1 Å². The van der Waals surface area contributed by atoms with Crippen molar-refractivity contribution < 1.29 is 22.7 Å². The van der Waals surface area contributed by atoms with E-state index in [9.17, 15) is 18.0 Å². The number of carbonyl (C=O) groups is 1. The second kappa shape index (κ2) is 6.54. The normalized spacial score (nSPS) is 11.4. The van der Waals surface area contributed by atoms with Crippen molar-refractivity contribution in [3.8, 4) is 0 Å². The van der Waals surface area contributed by atoms with Crippen molar-refractivity contribution in [1.29, 1.82) is 0 Å². The molecular weight excluding hydrogens is 259 g/mol. The average molecular weight is 275 g/mol. The van der Waals surface area contributed by atoms with Crippen LogP contribution < -0.4 is 0 Å². The van der Waals surface area contributed by atoms with Crippen LogP contribution in [0.1, 0.15) is 36.6 Å². The first-order valence-corrected chi connectivity index (χ1v) is 6.03. The van der Waals surface area contributed by atoms with E-state index in [0.717, 1.165) is 12.3 Å². The third kappa shape index (κ3) is 4.89. The molecule has 0 spiro atoms. The van der Waals surface area contributed by atoms with Gasteiger partial charge in [0.1, 0.15) is 0 Å². The van der Waals surface area contributed by atoms with Crippen LogP contribution in [0.15, 0.2) is 12.3 Å². The topological polar surface area (TPSA) is 39.2 Å². The van der Waals surface area contributed by atoms with Crippen LogP contribution in [0, 0.1) is 6.92 Å². The highest BCUT2D eigenvalue weighted by atomic mass is 19.4. The van der Waals surface area contributed by atoms with E-state index in [1.165, 1.54) is 0 Å². The lowest BCUT2D eigenvalue weighted by Crippen LogP contribution is -2.08. The van der Waals surface area contributed by atoms with E-state index in [-0.39, 0.29) is 12.4 Å². The molecule has 0 aliphatic carbocycles. The van der Waals surface area contributed by atoms with Crippen LogP contribution in [0.5, 0.6) is 0 Å². The Morgan fingerprint density at radius 3 is 2.63 bits per heavy atom. The van der Waals surface area contributed by atoms with Crippen molar-refractivity contribution in [3.63, 3.8) is 0 Å². The molecule has 0 unspecified atom stereocenters. The molecule has 106 valence electrons. The van der Waals surface area contributed by atoms with Gasteiger partial charge in [0.2, 0.25) is 0 Å². The first-order chi connectivity index (χ1) is 8.84. The molecule has 0 aliphatic rings. The molecule has 6 heteroatoms. The molecule has 1 aromatic heterocycles. The monoisotopic (exact) mass is 275 g/mol. The van der Waals surface area contributed by atoms with E-state index < -0.39 is 11.7 Å². The maximum absolute atomic E-state index is 12.4. The number of hydrogen-bond acceptors (Lipinski definition) is 3. The fourth-order valence-corrected chi connectivity index (χ4v) is 1.65. The van der Waals surface area contributed by atoms with Crippen LogP contribution >= 0.6 is 0 Å². The van der Waals surface area contributed by atoms with Gasteiger partial charge in [-0.1, -0.05) is 0 Å². The zero-order valence-electron chi connectivity index (χ0n) is 10.9. The zero-order valence-corrected chi connectivity index (χ0v) is 10.9. The van der Waals surface area contributed by atoms with Gasteiger partial charge in [-0.3, -0.25) is 9.78 Å². The third-order valence-electron chi connectivity index (χ3n) is 2.61. The molecule has 0 aromatic carbocycles. The summed E-state index contributed by atoms with van der Waals surface area (Å²) < 4.78 is 42.1. The van der Waals surface area contributed by atoms with Gasteiger partial charge in [0.15, 0.2) is 0 Å². The largest absolute Gasteiger partial charge is 0.466 e. The highest BCUT2D eigenvalue weighted by Gasteiger charge is 2.31. The van der Waals surface area contributed by atoms with E-state index in [1.807, 2.05) is 0 Å². The Balaban J connectivity index is 2.58. The zero-order chi connectivity index (χ0) is 14.5. The molecule has 0 saturated carbocycles. The van der Waals surface area contributed by atoms with Gasteiger partial charge in [0.05, 0.1) is 12.2 Å². The molecule has 1 heterocycles. The van der Waals surface area contributed by atoms with Crippen LogP contribution in [0.2, 0.25) is 0 Å². The second-order valence-electron chi connectivity index (χ2n) is 4.14. The van der Waals surface area contributed by atoms with E-state index in [0.29, 0.717) is 30.7 Å². The SMILES string of the molecule is CCOC(=O)CCCc1ncc(C(F)(F)F)cc1C. The number of pyridine rings is 1. The van der Waals surface area contributed by atoms with Crippen molar-refractivity contribution in [1.82, 2.24) is 4.98 Å². The van der Waals surface area contributed by atoms with Gasteiger partial charge in [-0.05, 0) is 38.3 Å². The van der Waals surface area contributed by atoms with Crippen molar-refractivity contribution in [2.45, 2.75) is 39.3 Å². The number of ether oxygens (including phenoxy) is 1. The first kappa shape index (κ1) is 15.5. The molecule has 0 radical (unpaired) electrons. The number of alkyl halides is 3. The van der Waals surface area contributed by atoms with Crippen LogP contribution in [0.25, 0.3) is 0 Å². The summed E-state index contributed by atoms with van der Waals surface area (Å²) in [4.78, 5) is 14.9. The Morgan fingerprint density at radius 2 is 2.11 bits per heavy atom. The van der Waals surface area contributed by atoms with Gasteiger partial charge in [0.25, 0.3) is 0 Å². The number of esters is 1. The van der Waals surface area contributed by atoms with E-state index >= 15 is 0 Å². The standard InChI is InChI=1S/C13H16F3NO2/c1-3-19-12(18)6-4-5-11-9(2)7-10(8-17-11)13(14,15)16/h7-8H,3-6H2,1-2H3. The second-order valence-corrected chi connectivity index (χ2v) is 4.14. The molecule has 0 saturated heterocycles. The minimum atomic E-state index is -4.37. The number of aryl methyl sites for hydroxylation is 2. The smallest absolute Gasteiger partial charge is 0.417 e. The Morgan fingerprint density at radius 1 is 1.42 bits per heavy atom. The fraction of sp³-hybridized carbons (Fsp3) is 0.538. The molecule has 19 heavy (non-hydrogen) atoms. The summed E-state index contributed by atoms with van der Waals surface area (Å²) in [7, 11) is 0. The fourth-order valence-electron chi connectivity index (χ4n) is 1.65. The van der Waals surface area contributed by atoms with Gasteiger partial charge in [-0.25, -0.2) is 0 Å². The van der Waals surface area contributed by atoms with Gasteiger partial charge in [-0.15, -0.1) is 0 Å². The molecule has 0 bridgehead atoms. The maximum atomic E-state index is 12.4. The number of nitrogens with zero attached hydrogens (tertiary/aromatic N) is 1. The van der Waals surface area contributed by atoms with Crippen molar-refractivity contribution in [2.75, 3.05) is 6.61 Å². The number of carbonyl (C=O) groups excluding carboxylic acids is 1. The highest BCUT2D eigenvalue weighted by Crippen LogP contribution is 2.29. The minimum Gasteiger partial charge on any atom is -0.466 e. The summed E-state index contributed by atoms with van der Waals surface area (Å²) in [5, 5.41) is 0. The summed E-state index contributed by atoms with van der Waals surface area (Å²) in [6.07, 6.45) is -2.33. The lowest BCUT2D eigenvalue weighted by atomic mass is 10.1. The van der Waals surface area contributed by atoms with Gasteiger partial charge in [0, 0.05) is 18.3 Å². The quantitative estimate of drug-likeness (QED) is 0.774. The average Bonchev–Trinajstić information content (AvgIpc) is 2.30. The number of rotatable bonds is 5. The van der Waals surface area contributed by atoms with Gasteiger partial charge in [-0.2, -0.15) is 13.2 Å². The number of halogens is 3. The van der Waals surface area contributed by atoms with Crippen LogP contribution in [-0.4, -0.2) is 17.6 Å². The van der Waals surface area contributed by atoms with Crippen molar-refractivity contribution in [2.24, 2.45) is 0 Å². The lowest BCUT2D eigenvalue weighted by molar-refractivity contribution is -0.143. The molecule has 0 aliphatic heterocycles. The predicted molar refractivity (Wildman–Crippen MR) is 63.5 cm³/mol. The molecule has 1 rings (SSSR count). The molecule has 0 N–H and O–H groups in total. The lowest BCUT2D eigenvalue weighted by Gasteiger charge is -2.10. The third-order valence-corrected chi connectivity index (χ3v) is 2.61. The number of hydrogen-bond donors (Lipinski definition) is 0. The van der Waals surface area contributed by atoms with Crippen molar-refractivity contribution >= 4 is 5.97 Å². The highest BCUT2D eigenvalue weighted by molar-refractivity contribution is 5.69. The predicted octanol–water partition coefficient (Wildman–Crippen LogP) is 3.29. The summed E-state index contributed by atoms with van der Waals surface area (Å²) in [6.45, 7) is 3.64. The Hall–Kier alpha value is -1.59. The summed E-state index contributed by atoms with van der Waals surface area (Å²) >= 11 is 0. The molecule has 0 amide bonds.